The predicted molar refractivity (Wildman–Crippen MR) is 162 cm³/mol. The van der Waals surface area contributed by atoms with Gasteiger partial charge in [0.25, 0.3) is 15.9 Å². The number of carboxylic acid groups (broad SMARTS) is 1. The number of unbranched alkanes of at least 4 members (excludes halogenated alkanes) is 1. The molecule has 18 heteroatoms. The lowest BCUT2D eigenvalue weighted by Gasteiger charge is -2.28. The van der Waals surface area contributed by atoms with E-state index in [2.05, 4.69) is 15.2 Å². The zero-order valence-electron chi connectivity index (χ0n) is 25.7. The van der Waals surface area contributed by atoms with E-state index in [1.165, 1.54) is 50.9 Å². The summed E-state index contributed by atoms with van der Waals surface area (Å²) in [6.07, 6.45) is 1.39. The van der Waals surface area contributed by atoms with Gasteiger partial charge in [-0.05, 0) is 76.0 Å². The topological polar surface area (TPSA) is 162 Å². The standard InChI is InChI=1S/C29H35ClF3N7O6S/c1-28(2)16-18(17-39(28)27(42)43)5-3-4-11-38-12-9-24(36-38)47(44,45)37-26(41)20-6-7-22(34-25(20)30)40-13-8-23(35-40)46-14-10-19-15-21(19)29(31,32)33/h6-9,12-13,18-19,21H,3-5,10-11,14-17H2,1-2H3,(H,37,41)(H,42,43). The number of aryl methyl sites for hydroxylation is 1. The zero-order chi connectivity index (χ0) is 34.1. The minimum absolute atomic E-state index is 0.0719. The quantitative estimate of drug-likeness (QED) is 0.181. The summed E-state index contributed by atoms with van der Waals surface area (Å²) in [4.78, 5) is 29.9. The van der Waals surface area contributed by atoms with Crippen molar-refractivity contribution in [1.82, 2.24) is 34.2 Å². The molecular formula is C29H35ClF3N7O6S. The second-order valence-corrected chi connectivity index (χ2v) is 14.5. The number of aromatic nitrogens is 5. The molecule has 1 aliphatic carbocycles. The van der Waals surface area contributed by atoms with E-state index in [1.807, 2.05) is 18.6 Å². The molecule has 1 saturated carbocycles. The van der Waals surface area contributed by atoms with Crippen LogP contribution in [0.4, 0.5) is 18.0 Å². The van der Waals surface area contributed by atoms with Gasteiger partial charge in [-0.2, -0.15) is 26.7 Å². The van der Waals surface area contributed by atoms with Crippen molar-refractivity contribution in [3.63, 3.8) is 0 Å². The fourth-order valence-electron chi connectivity index (χ4n) is 5.98. The Morgan fingerprint density at radius 2 is 1.89 bits per heavy atom. The van der Waals surface area contributed by atoms with E-state index in [-0.39, 0.29) is 52.8 Å². The van der Waals surface area contributed by atoms with Gasteiger partial charge in [-0.15, -0.1) is 5.10 Å². The van der Waals surface area contributed by atoms with Crippen LogP contribution in [0.25, 0.3) is 5.82 Å². The SMILES string of the molecule is CC1(C)CC(CCCCn2ccc(S(=O)(=O)NC(=O)c3ccc(-n4ccc(OCCC5CC5C(F)(F)F)n4)nc3Cl)n2)CN1C(=O)O. The summed E-state index contributed by atoms with van der Waals surface area (Å²) in [5, 5.41) is 17.0. The number of amides is 2. The van der Waals surface area contributed by atoms with Crippen LogP contribution in [0, 0.1) is 17.8 Å². The summed E-state index contributed by atoms with van der Waals surface area (Å²) < 4.78 is 74.0. The average molecular weight is 702 g/mol. The maximum Gasteiger partial charge on any atom is 0.407 e. The second-order valence-electron chi connectivity index (χ2n) is 12.5. The smallest absolute Gasteiger partial charge is 0.407 e. The van der Waals surface area contributed by atoms with Gasteiger partial charge in [0.2, 0.25) is 5.88 Å². The third kappa shape index (κ3) is 8.36. The van der Waals surface area contributed by atoms with Crippen LogP contribution in [-0.4, -0.2) is 79.8 Å². The van der Waals surface area contributed by atoms with Gasteiger partial charge in [0, 0.05) is 37.1 Å². The molecule has 2 amide bonds. The van der Waals surface area contributed by atoms with Crippen LogP contribution >= 0.6 is 11.6 Å². The van der Waals surface area contributed by atoms with Crippen molar-refractivity contribution in [2.45, 2.75) is 75.7 Å². The van der Waals surface area contributed by atoms with Crippen LogP contribution in [0.15, 0.2) is 41.7 Å². The number of hydrogen-bond donors (Lipinski definition) is 2. The van der Waals surface area contributed by atoms with Gasteiger partial charge in [0.15, 0.2) is 10.8 Å². The Bertz CT molecular complexity index is 1730. The number of nitrogens with one attached hydrogen (secondary N) is 1. The average Bonchev–Trinajstić information content (AvgIpc) is 3.27. The van der Waals surface area contributed by atoms with Crippen molar-refractivity contribution in [3.8, 4) is 11.7 Å². The molecule has 0 aromatic carbocycles. The number of halogens is 4. The van der Waals surface area contributed by atoms with Crippen LogP contribution in [0.2, 0.25) is 5.15 Å². The van der Waals surface area contributed by atoms with Crippen molar-refractivity contribution in [2.75, 3.05) is 13.2 Å². The number of hydrogen-bond acceptors (Lipinski definition) is 8. The Hall–Kier alpha value is -3.86. The Labute approximate surface area is 274 Å². The summed E-state index contributed by atoms with van der Waals surface area (Å²) in [6.45, 7) is 4.84. The molecule has 47 heavy (non-hydrogen) atoms. The van der Waals surface area contributed by atoms with Gasteiger partial charge in [-0.3, -0.25) is 9.48 Å². The van der Waals surface area contributed by atoms with Crippen LogP contribution in [0.1, 0.15) is 62.7 Å². The number of carbonyl (C=O) groups excluding carboxylic acids is 1. The number of pyridine rings is 1. The number of carbonyl (C=O) groups is 2. The Morgan fingerprint density at radius 3 is 2.55 bits per heavy atom. The largest absolute Gasteiger partial charge is 0.477 e. The lowest BCUT2D eigenvalue weighted by molar-refractivity contribution is -0.151. The lowest BCUT2D eigenvalue weighted by atomic mass is 9.93. The van der Waals surface area contributed by atoms with Crippen LogP contribution in [0.3, 0.4) is 0 Å². The summed E-state index contributed by atoms with van der Waals surface area (Å²) in [6, 6.07) is 5.45. The van der Waals surface area contributed by atoms with E-state index in [1.54, 1.807) is 0 Å². The fourth-order valence-corrected chi connectivity index (χ4v) is 7.13. The molecule has 0 bridgehead atoms. The lowest BCUT2D eigenvalue weighted by Crippen LogP contribution is -2.41. The predicted octanol–water partition coefficient (Wildman–Crippen LogP) is 5.15. The highest BCUT2D eigenvalue weighted by atomic mass is 35.5. The van der Waals surface area contributed by atoms with E-state index < -0.39 is 45.6 Å². The second kappa shape index (κ2) is 13.3. The Morgan fingerprint density at radius 1 is 1.13 bits per heavy atom. The van der Waals surface area contributed by atoms with Gasteiger partial charge < -0.3 is 14.7 Å². The maximum absolute atomic E-state index is 12.9. The normalized spacial score (nSPS) is 20.7. The molecule has 3 atom stereocenters. The van der Waals surface area contributed by atoms with Crippen molar-refractivity contribution in [1.29, 1.82) is 0 Å². The molecule has 4 heterocycles. The first-order chi connectivity index (χ1) is 22.0. The third-order valence-electron chi connectivity index (χ3n) is 8.52. The highest BCUT2D eigenvalue weighted by Gasteiger charge is 2.55. The molecule has 1 saturated heterocycles. The number of alkyl halides is 3. The molecule has 0 spiro atoms. The molecule has 5 rings (SSSR count). The minimum atomic E-state index is -4.33. The fraction of sp³-hybridized carbons (Fsp3) is 0.552. The van der Waals surface area contributed by atoms with Crippen molar-refractivity contribution in [3.05, 3.63) is 47.4 Å². The summed E-state index contributed by atoms with van der Waals surface area (Å²) in [7, 11) is -4.33. The summed E-state index contributed by atoms with van der Waals surface area (Å²) >= 11 is 6.21. The maximum atomic E-state index is 12.9. The molecule has 3 aromatic heterocycles. The van der Waals surface area contributed by atoms with Gasteiger partial charge in [-0.1, -0.05) is 18.0 Å². The van der Waals surface area contributed by atoms with E-state index in [0.717, 1.165) is 19.3 Å². The first kappa shape index (κ1) is 34.5. The minimum Gasteiger partial charge on any atom is -0.477 e. The van der Waals surface area contributed by atoms with Gasteiger partial charge in [0.05, 0.1) is 18.1 Å². The monoisotopic (exact) mass is 701 g/mol. The molecule has 2 fully saturated rings. The molecule has 1 aliphatic heterocycles. The van der Waals surface area contributed by atoms with E-state index in [4.69, 9.17) is 16.3 Å². The number of likely N-dealkylation sites (tertiary alicyclic amines) is 1. The highest BCUT2D eigenvalue weighted by molar-refractivity contribution is 7.90. The molecule has 256 valence electrons. The summed E-state index contributed by atoms with van der Waals surface area (Å²) in [5.41, 5.74) is -0.607. The number of sulfonamides is 1. The highest BCUT2D eigenvalue weighted by Crippen LogP contribution is 2.51. The van der Waals surface area contributed by atoms with Gasteiger partial charge in [0.1, 0.15) is 5.15 Å². The Balaban J connectivity index is 1.09. The molecule has 3 aromatic rings. The van der Waals surface area contributed by atoms with E-state index >= 15 is 0 Å². The molecule has 2 N–H and O–H groups in total. The number of ether oxygens (including phenoxy) is 1. The van der Waals surface area contributed by atoms with E-state index in [9.17, 15) is 36.3 Å². The van der Waals surface area contributed by atoms with Crippen molar-refractivity contribution in [2.24, 2.45) is 17.8 Å². The molecule has 3 unspecified atom stereocenters. The number of rotatable bonds is 13. The molecular weight excluding hydrogens is 667 g/mol. The number of nitrogens with zero attached hydrogens (tertiary/aromatic N) is 6. The Kier molecular flexibility index (Phi) is 9.78. The zero-order valence-corrected chi connectivity index (χ0v) is 27.2. The van der Waals surface area contributed by atoms with Crippen LogP contribution in [0.5, 0.6) is 5.88 Å². The van der Waals surface area contributed by atoms with Crippen molar-refractivity contribution >= 4 is 33.6 Å². The molecule has 2 aliphatic rings. The first-order valence-electron chi connectivity index (χ1n) is 15.1. The first-order valence-corrected chi connectivity index (χ1v) is 16.9. The molecule has 0 radical (unpaired) electrons. The van der Waals surface area contributed by atoms with Crippen LogP contribution < -0.4 is 9.46 Å². The van der Waals surface area contributed by atoms with Gasteiger partial charge >= 0.3 is 12.3 Å². The van der Waals surface area contributed by atoms with Crippen molar-refractivity contribution < 1.29 is 41.0 Å². The van der Waals surface area contributed by atoms with E-state index in [0.29, 0.717) is 19.5 Å². The van der Waals surface area contributed by atoms with Gasteiger partial charge in [-0.25, -0.2) is 19.2 Å². The van der Waals surface area contributed by atoms with Crippen LogP contribution in [-0.2, 0) is 16.6 Å². The summed E-state index contributed by atoms with van der Waals surface area (Å²) in [5.74, 6) is -2.11. The molecule has 13 nitrogen and oxygen atoms in total. The third-order valence-corrected chi connectivity index (χ3v) is 10.0.